The average molecular weight is 412 g/mol. The summed E-state index contributed by atoms with van der Waals surface area (Å²) in [5, 5.41) is 4.51. The predicted molar refractivity (Wildman–Crippen MR) is 112 cm³/mol. The summed E-state index contributed by atoms with van der Waals surface area (Å²) in [4.78, 5) is 31.7. The first-order valence-electron chi connectivity index (χ1n) is 9.72. The van der Waals surface area contributed by atoms with Crippen LogP contribution in [-0.2, 0) is 13.6 Å². The van der Waals surface area contributed by atoms with Gasteiger partial charge in [0.25, 0.3) is 11.8 Å². The molecule has 5 rings (SSSR count). The molecule has 0 saturated carbocycles. The van der Waals surface area contributed by atoms with Crippen LogP contribution in [0.1, 0.15) is 26.4 Å². The molecule has 4 aromatic rings. The van der Waals surface area contributed by atoms with E-state index in [-0.39, 0.29) is 29.5 Å². The summed E-state index contributed by atoms with van der Waals surface area (Å²) in [6.07, 6.45) is 3.30. The lowest BCUT2D eigenvalue weighted by Crippen LogP contribution is -2.29. The van der Waals surface area contributed by atoms with E-state index in [9.17, 15) is 14.0 Å². The summed E-state index contributed by atoms with van der Waals surface area (Å²) < 4.78 is 15.0. The summed E-state index contributed by atoms with van der Waals surface area (Å²) in [6, 6.07) is 17.0. The van der Waals surface area contributed by atoms with E-state index in [4.69, 9.17) is 0 Å². The van der Waals surface area contributed by atoms with Gasteiger partial charge < -0.3 is 0 Å². The van der Waals surface area contributed by atoms with Crippen molar-refractivity contribution >= 4 is 11.8 Å². The van der Waals surface area contributed by atoms with Gasteiger partial charge in [-0.05, 0) is 35.9 Å². The number of nitrogens with zero attached hydrogens (tertiary/aromatic N) is 4. The average Bonchev–Trinajstić information content (AvgIpc) is 3.28. The number of amides is 2. The van der Waals surface area contributed by atoms with E-state index < -0.39 is 5.91 Å². The molecule has 0 radical (unpaired) electrons. The van der Waals surface area contributed by atoms with Gasteiger partial charge in [-0.1, -0.05) is 30.3 Å². The Morgan fingerprint density at radius 1 is 0.871 bits per heavy atom. The molecular formula is C24H17FN4O2. The zero-order chi connectivity index (χ0) is 21.5. The monoisotopic (exact) mass is 412 g/mol. The number of aromatic nitrogens is 3. The molecule has 0 aliphatic carbocycles. The topological polar surface area (TPSA) is 68.1 Å². The van der Waals surface area contributed by atoms with Crippen LogP contribution in [0.25, 0.3) is 22.4 Å². The van der Waals surface area contributed by atoms with Crippen LogP contribution in [0.4, 0.5) is 4.39 Å². The molecule has 3 heterocycles. The van der Waals surface area contributed by atoms with Crippen molar-refractivity contribution in [2.75, 3.05) is 0 Å². The standard InChI is InChI=1S/C24H17FN4O2/c1-28-14-19(21(27-28)16-7-9-17(25)10-8-16)18-11-12-26-22-20(18)23(30)29(24(22)31)13-15-5-3-2-4-6-15/h2-12,14H,13H2,1H3. The van der Waals surface area contributed by atoms with Crippen LogP contribution in [0.5, 0.6) is 0 Å². The van der Waals surface area contributed by atoms with Crippen LogP contribution in [0.15, 0.2) is 73.1 Å². The van der Waals surface area contributed by atoms with Crippen LogP contribution >= 0.6 is 0 Å². The van der Waals surface area contributed by atoms with Crippen molar-refractivity contribution in [3.8, 4) is 22.4 Å². The second-order valence-electron chi connectivity index (χ2n) is 7.34. The molecule has 0 fully saturated rings. The van der Waals surface area contributed by atoms with E-state index in [1.807, 2.05) is 30.3 Å². The number of hydrogen-bond donors (Lipinski definition) is 0. The first kappa shape index (κ1) is 18.9. The molecule has 1 aliphatic heterocycles. The van der Waals surface area contributed by atoms with Crippen molar-refractivity contribution in [3.05, 3.63) is 95.7 Å². The van der Waals surface area contributed by atoms with Gasteiger partial charge in [-0.2, -0.15) is 5.10 Å². The summed E-state index contributed by atoms with van der Waals surface area (Å²) in [5.41, 5.74) is 3.80. The summed E-state index contributed by atoms with van der Waals surface area (Å²) in [7, 11) is 1.77. The second-order valence-corrected chi connectivity index (χ2v) is 7.34. The van der Waals surface area contributed by atoms with Crippen LogP contribution in [-0.4, -0.2) is 31.5 Å². The van der Waals surface area contributed by atoms with Crippen molar-refractivity contribution < 1.29 is 14.0 Å². The molecular weight excluding hydrogens is 395 g/mol. The molecule has 0 spiro atoms. The molecule has 2 aromatic heterocycles. The van der Waals surface area contributed by atoms with E-state index in [1.165, 1.54) is 23.2 Å². The van der Waals surface area contributed by atoms with Crippen molar-refractivity contribution in [2.24, 2.45) is 7.05 Å². The number of imide groups is 1. The number of carbonyl (C=O) groups excluding carboxylic acids is 2. The molecule has 1 aliphatic rings. The van der Waals surface area contributed by atoms with E-state index in [2.05, 4.69) is 10.1 Å². The minimum Gasteiger partial charge on any atom is -0.275 e. The minimum absolute atomic E-state index is 0.132. The molecule has 0 atom stereocenters. The normalized spacial score (nSPS) is 13.0. The summed E-state index contributed by atoms with van der Waals surface area (Å²) in [6.45, 7) is 0.173. The summed E-state index contributed by atoms with van der Waals surface area (Å²) in [5.74, 6) is -1.15. The van der Waals surface area contributed by atoms with E-state index in [1.54, 1.807) is 36.1 Å². The molecule has 0 saturated heterocycles. The number of fused-ring (bicyclic) bond motifs is 1. The van der Waals surface area contributed by atoms with Gasteiger partial charge in [0.15, 0.2) is 0 Å². The Bertz CT molecular complexity index is 1310. The molecule has 31 heavy (non-hydrogen) atoms. The SMILES string of the molecule is Cn1cc(-c2ccnc3c2C(=O)N(Cc2ccccc2)C3=O)c(-c2ccc(F)cc2)n1. The van der Waals surface area contributed by atoms with Gasteiger partial charge in [0.2, 0.25) is 0 Å². The van der Waals surface area contributed by atoms with Crippen LogP contribution in [0.3, 0.4) is 0 Å². The number of halogens is 1. The zero-order valence-electron chi connectivity index (χ0n) is 16.6. The first-order valence-corrected chi connectivity index (χ1v) is 9.72. The molecule has 6 nitrogen and oxygen atoms in total. The smallest absolute Gasteiger partial charge is 0.275 e. The molecule has 0 N–H and O–H groups in total. The zero-order valence-corrected chi connectivity index (χ0v) is 16.6. The molecule has 2 aromatic carbocycles. The number of rotatable bonds is 4. The van der Waals surface area contributed by atoms with Crippen molar-refractivity contribution in [1.82, 2.24) is 19.7 Å². The third-order valence-electron chi connectivity index (χ3n) is 5.28. The largest absolute Gasteiger partial charge is 0.280 e. The molecule has 0 unspecified atom stereocenters. The quantitative estimate of drug-likeness (QED) is 0.474. The Morgan fingerprint density at radius 3 is 2.35 bits per heavy atom. The lowest BCUT2D eigenvalue weighted by molar-refractivity contribution is 0.0640. The van der Waals surface area contributed by atoms with Gasteiger partial charge in [0.05, 0.1) is 12.1 Å². The number of pyridine rings is 1. The van der Waals surface area contributed by atoms with Gasteiger partial charge in [0.1, 0.15) is 17.2 Å². The maximum atomic E-state index is 13.4. The molecule has 0 bridgehead atoms. The Morgan fingerprint density at radius 2 is 1.61 bits per heavy atom. The molecule has 2 amide bonds. The highest BCUT2D eigenvalue weighted by Crippen LogP contribution is 2.37. The molecule has 152 valence electrons. The van der Waals surface area contributed by atoms with Gasteiger partial charge in [-0.15, -0.1) is 0 Å². The van der Waals surface area contributed by atoms with Crippen molar-refractivity contribution in [2.45, 2.75) is 6.54 Å². The highest BCUT2D eigenvalue weighted by Gasteiger charge is 2.39. The Labute approximate surface area is 177 Å². The van der Waals surface area contributed by atoms with Crippen molar-refractivity contribution in [3.63, 3.8) is 0 Å². The summed E-state index contributed by atoms with van der Waals surface area (Å²) >= 11 is 0. The van der Waals surface area contributed by atoms with Gasteiger partial charge in [-0.3, -0.25) is 24.2 Å². The maximum Gasteiger partial charge on any atom is 0.280 e. The fourth-order valence-electron chi connectivity index (χ4n) is 3.84. The van der Waals surface area contributed by atoms with E-state index in [0.29, 0.717) is 22.4 Å². The fourth-order valence-corrected chi connectivity index (χ4v) is 3.84. The number of carbonyl (C=O) groups is 2. The fraction of sp³-hybridized carbons (Fsp3) is 0.0833. The van der Waals surface area contributed by atoms with Gasteiger partial charge in [0, 0.05) is 36.1 Å². The first-order chi connectivity index (χ1) is 15.0. The van der Waals surface area contributed by atoms with Crippen LogP contribution < -0.4 is 0 Å². The van der Waals surface area contributed by atoms with Gasteiger partial charge >= 0.3 is 0 Å². The third kappa shape index (κ3) is 3.20. The minimum atomic E-state index is -0.419. The van der Waals surface area contributed by atoms with Crippen molar-refractivity contribution in [1.29, 1.82) is 0 Å². The Hall–Kier alpha value is -4.13. The lowest BCUT2D eigenvalue weighted by Gasteiger charge is -2.13. The number of benzene rings is 2. The highest BCUT2D eigenvalue weighted by molar-refractivity contribution is 6.23. The maximum absolute atomic E-state index is 13.4. The second kappa shape index (κ2) is 7.28. The van der Waals surface area contributed by atoms with Gasteiger partial charge in [-0.25, -0.2) is 4.39 Å². The van der Waals surface area contributed by atoms with Crippen LogP contribution in [0, 0.1) is 5.82 Å². The predicted octanol–water partition coefficient (Wildman–Crippen LogP) is 4.08. The van der Waals surface area contributed by atoms with E-state index >= 15 is 0 Å². The Balaban J connectivity index is 1.61. The number of aryl methyl sites for hydroxylation is 1. The third-order valence-corrected chi connectivity index (χ3v) is 5.28. The Kier molecular flexibility index (Phi) is 4.43. The van der Waals surface area contributed by atoms with E-state index in [0.717, 1.165) is 5.56 Å². The molecule has 7 heteroatoms. The highest BCUT2D eigenvalue weighted by atomic mass is 19.1. The van der Waals surface area contributed by atoms with Crippen LogP contribution in [0.2, 0.25) is 0 Å². The lowest BCUT2D eigenvalue weighted by atomic mass is 9.97. The number of hydrogen-bond acceptors (Lipinski definition) is 4.